The average molecular weight is 566 g/mol. The molecule has 2 unspecified atom stereocenters. The van der Waals surface area contributed by atoms with E-state index in [2.05, 4.69) is 15.5 Å². The predicted octanol–water partition coefficient (Wildman–Crippen LogP) is 6.19. The first kappa shape index (κ1) is 26.4. The Bertz CT molecular complexity index is 1470. The lowest BCUT2D eigenvalue weighted by Crippen LogP contribution is -2.49. The quantitative estimate of drug-likeness (QED) is 0.249. The molecule has 0 spiro atoms. The summed E-state index contributed by atoms with van der Waals surface area (Å²) in [6, 6.07) is 22.3. The number of nitrogens with zero attached hydrogens (tertiary/aromatic N) is 5. The van der Waals surface area contributed by atoms with Gasteiger partial charge in [-0.3, -0.25) is 4.79 Å². The summed E-state index contributed by atoms with van der Waals surface area (Å²) in [7, 11) is 0. The molecule has 2 bridgehead atoms. The molecule has 2 fully saturated rings. The molecule has 2 atom stereocenters. The van der Waals surface area contributed by atoms with E-state index in [1.807, 2.05) is 59.5 Å². The molecular formula is C29H26F3N5O2S. The normalized spacial score (nSPS) is 20.5. The third-order valence-electron chi connectivity index (χ3n) is 7.40. The van der Waals surface area contributed by atoms with Gasteiger partial charge < -0.3 is 9.64 Å². The van der Waals surface area contributed by atoms with Crippen LogP contribution in [-0.4, -0.2) is 49.2 Å². The average Bonchev–Trinajstić information content (AvgIpc) is 3.54. The van der Waals surface area contributed by atoms with Crippen molar-refractivity contribution in [1.29, 1.82) is 0 Å². The summed E-state index contributed by atoms with van der Waals surface area (Å²) < 4.78 is 46.9. The van der Waals surface area contributed by atoms with Crippen LogP contribution in [0, 0.1) is 0 Å². The summed E-state index contributed by atoms with van der Waals surface area (Å²) in [5.74, 6) is 0.841. The maximum atomic E-state index is 13.5. The summed E-state index contributed by atoms with van der Waals surface area (Å²) >= 11 is 1.51. The Morgan fingerprint density at radius 3 is 2.38 bits per heavy atom. The maximum absolute atomic E-state index is 13.5. The van der Waals surface area contributed by atoms with Gasteiger partial charge in [-0.15, -0.1) is 5.10 Å². The van der Waals surface area contributed by atoms with Gasteiger partial charge in [0.15, 0.2) is 0 Å². The van der Waals surface area contributed by atoms with Crippen molar-refractivity contribution in [2.24, 2.45) is 0 Å². The lowest BCUT2D eigenvalue weighted by molar-refractivity contribution is -0.137. The number of piperidine rings is 1. The smallest absolute Gasteiger partial charge is 0.416 e. The highest BCUT2D eigenvalue weighted by Gasteiger charge is 2.44. The summed E-state index contributed by atoms with van der Waals surface area (Å²) in [6.07, 6.45) is -1.71. The molecule has 206 valence electrons. The second-order valence-electron chi connectivity index (χ2n) is 10.0. The number of fused-ring (bicyclic) bond motifs is 2. The number of halogens is 3. The molecule has 6 rings (SSSR count). The number of carbonyl (C=O) groups excluding carboxylic acids is 1. The van der Waals surface area contributed by atoms with Crippen LogP contribution < -0.4 is 4.74 Å². The number of ether oxygens (including phenoxy) is 1. The van der Waals surface area contributed by atoms with Crippen LogP contribution in [0.4, 0.5) is 13.2 Å². The molecule has 11 heteroatoms. The molecule has 3 heterocycles. The van der Waals surface area contributed by atoms with Crippen LogP contribution in [0.3, 0.4) is 0 Å². The van der Waals surface area contributed by atoms with E-state index >= 15 is 0 Å². The Balaban J connectivity index is 1.07. The Morgan fingerprint density at radius 1 is 0.950 bits per heavy atom. The largest absolute Gasteiger partial charge is 0.490 e. The molecule has 0 N–H and O–H groups in total. The fraction of sp³-hybridized carbons (Fsp3) is 0.310. The Labute approximate surface area is 233 Å². The molecule has 0 aliphatic carbocycles. The number of hydrogen-bond donors (Lipinski definition) is 0. The first-order valence-corrected chi connectivity index (χ1v) is 14.1. The standard InChI is InChI=1S/C29H26F3N5O2S/c30-29(31,32)21-5-4-8-25(15-21)39-26-16-23-13-14-24(17-26)36(23)27(38)20-11-9-19(10-12-20)18-40-28-33-34-35-37(28)22-6-2-1-3-7-22/h1-12,15,23-24,26H,13-14,16-18H2. The van der Waals surface area contributed by atoms with E-state index in [9.17, 15) is 18.0 Å². The second-order valence-corrected chi connectivity index (χ2v) is 11.0. The molecule has 2 aliphatic heterocycles. The molecule has 2 saturated heterocycles. The molecule has 0 saturated carbocycles. The molecule has 0 radical (unpaired) electrons. The predicted molar refractivity (Wildman–Crippen MR) is 143 cm³/mol. The minimum absolute atomic E-state index is 0.00845. The molecule has 2 aliphatic rings. The molecule has 4 aromatic rings. The third-order valence-corrected chi connectivity index (χ3v) is 8.39. The van der Waals surface area contributed by atoms with Gasteiger partial charge in [-0.2, -0.15) is 17.9 Å². The number of carbonyl (C=O) groups is 1. The van der Waals surface area contributed by atoms with E-state index in [0.717, 1.165) is 36.2 Å². The fourth-order valence-corrected chi connectivity index (χ4v) is 6.38. The minimum atomic E-state index is -4.42. The number of hydrogen-bond acceptors (Lipinski definition) is 6. The van der Waals surface area contributed by atoms with Gasteiger partial charge in [0.1, 0.15) is 11.9 Å². The van der Waals surface area contributed by atoms with Gasteiger partial charge in [-0.25, -0.2) is 0 Å². The topological polar surface area (TPSA) is 73.1 Å². The summed E-state index contributed by atoms with van der Waals surface area (Å²) in [5, 5.41) is 12.7. The Kier molecular flexibility index (Phi) is 7.22. The second kappa shape index (κ2) is 11.0. The molecule has 3 aromatic carbocycles. The molecule has 1 amide bonds. The highest BCUT2D eigenvalue weighted by molar-refractivity contribution is 7.98. The van der Waals surface area contributed by atoms with Crippen LogP contribution in [0.2, 0.25) is 0 Å². The van der Waals surface area contributed by atoms with Crippen molar-refractivity contribution in [1.82, 2.24) is 25.1 Å². The fourth-order valence-electron chi connectivity index (χ4n) is 5.53. The molecule has 40 heavy (non-hydrogen) atoms. The van der Waals surface area contributed by atoms with Crippen LogP contribution in [0.15, 0.2) is 84.0 Å². The zero-order valence-corrected chi connectivity index (χ0v) is 22.2. The van der Waals surface area contributed by atoms with Crippen LogP contribution >= 0.6 is 11.8 Å². The van der Waals surface area contributed by atoms with Gasteiger partial charge in [0.2, 0.25) is 5.16 Å². The van der Waals surface area contributed by atoms with Crippen molar-refractivity contribution in [3.8, 4) is 11.4 Å². The van der Waals surface area contributed by atoms with E-state index in [-0.39, 0.29) is 29.8 Å². The van der Waals surface area contributed by atoms with E-state index in [1.54, 1.807) is 10.7 Å². The van der Waals surface area contributed by atoms with E-state index in [4.69, 9.17) is 4.74 Å². The van der Waals surface area contributed by atoms with E-state index in [1.165, 1.54) is 17.8 Å². The molecule has 7 nitrogen and oxygen atoms in total. The van der Waals surface area contributed by atoms with Crippen molar-refractivity contribution >= 4 is 17.7 Å². The van der Waals surface area contributed by atoms with Crippen molar-refractivity contribution in [2.75, 3.05) is 0 Å². The number of rotatable bonds is 7. The van der Waals surface area contributed by atoms with E-state index in [0.29, 0.717) is 29.3 Å². The highest BCUT2D eigenvalue weighted by Crippen LogP contribution is 2.39. The number of para-hydroxylation sites is 1. The highest BCUT2D eigenvalue weighted by atomic mass is 32.2. The lowest BCUT2D eigenvalue weighted by Gasteiger charge is -2.39. The van der Waals surface area contributed by atoms with Gasteiger partial charge in [0.25, 0.3) is 5.91 Å². The molecule has 1 aromatic heterocycles. The zero-order valence-electron chi connectivity index (χ0n) is 21.4. The summed E-state index contributed by atoms with van der Waals surface area (Å²) in [6.45, 7) is 0. The van der Waals surface area contributed by atoms with Crippen LogP contribution in [0.5, 0.6) is 5.75 Å². The number of benzene rings is 3. The Morgan fingerprint density at radius 2 is 1.68 bits per heavy atom. The number of amides is 1. The summed E-state index contributed by atoms with van der Waals surface area (Å²) in [5.41, 5.74) is 1.82. The zero-order chi connectivity index (χ0) is 27.7. The van der Waals surface area contributed by atoms with Crippen LogP contribution in [0.25, 0.3) is 5.69 Å². The van der Waals surface area contributed by atoms with E-state index < -0.39 is 11.7 Å². The summed E-state index contributed by atoms with van der Waals surface area (Å²) in [4.78, 5) is 15.4. The van der Waals surface area contributed by atoms with Gasteiger partial charge in [-0.1, -0.05) is 48.2 Å². The van der Waals surface area contributed by atoms with Crippen molar-refractivity contribution in [3.05, 3.63) is 95.6 Å². The van der Waals surface area contributed by atoms with Crippen LogP contribution in [-0.2, 0) is 11.9 Å². The van der Waals surface area contributed by atoms with Crippen molar-refractivity contribution < 1.29 is 22.7 Å². The lowest BCUT2D eigenvalue weighted by atomic mass is 9.98. The number of aromatic nitrogens is 4. The van der Waals surface area contributed by atoms with Crippen molar-refractivity contribution in [3.63, 3.8) is 0 Å². The third kappa shape index (κ3) is 5.56. The number of tetrazole rings is 1. The van der Waals surface area contributed by atoms with Crippen LogP contribution in [0.1, 0.15) is 47.2 Å². The minimum Gasteiger partial charge on any atom is -0.490 e. The Hall–Kier alpha value is -3.86. The van der Waals surface area contributed by atoms with Gasteiger partial charge in [-0.05, 0) is 71.3 Å². The number of alkyl halides is 3. The monoisotopic (exact) mass is 565 g/mol. The first-order chi connectivity index (χ1) is 19.3. The number of thioether (sulfide) groups is 1. The maximum Gasteiger partial charge on any atom is 0.416 e. The van der Waals surface area contributed by atoms with Gasteiger partial charge in [0.05, 0.1) is 11.3 Å². The van der Waals surface area contributed by atoms with Crippen molar-refractivity contribution in [2.45, 2.75) is 61.0 Å². The van der Waals surface area contributed by atoms with Gasteiger partial charge in [0, 0.05) is 36.2 Å². The van der Waals surface area contributed by atoms with Gasteiger partial charge >= 0.3 is 6.18 Å². The molecular weight excluding hydrogens is 539 g/mol. The first-order valence-electron chi connectivity index (χ1n) is 13.1. The SMILES string of the molecule is O=C(c1ccc(CSc2nnnn2-c2ccccc2)cc1)N1C2CCC1CC(Oc1cccc(C(F)(F)F)c1)C2.